The molecule has 0 radical (unpaired) electrons. The number of para-hydroxylation sites is 5. The second-order valence-electron chi connectivity index (χ2n) is 33.2. The van der Waals surface area contributed by atoms with Gasteiger partial charge in [0.05, 0.1) is 55.2 Å². The van der Waals surface area contributed by atoms with Crippen LogP contribution in [0.1, 0.15) is 0 Å². The fourth-order valence-corrected chi connectivity index (χ4v) is 19.6. The van der Waals surface area contributed by atoms with Crippen LogP contribution in [0.3, 0.4) is 0 Å². The molecule has 11 heterocycles. The molecule has 0 spiro atoms. The molecule has 0 aliphatic rings. The molecular weight excluding hydrogens is 1600 g/mol. The number of hydrogen-bond donors (Lipinski definition) is 0. The third kappa shape index (κ3) is 12.6. The molecule has 0 N–H and O–H groups in total. The number of fused-ring (bicyclic) bond motifs is 15. The van der Waals surface area contributed by atoms with Crippen molar-refractivity contribution in [2.75, 3.05) is 0 Å². The Hall–Kier alpha value is -18.1. The number of pyridine rings is 4. The first kappa shape index (κ1) is 74.4. The van der Waals surface area contributed by atoms with Crippen LogP contribution in [0.4, 0.5) is 0 Å². The molecule has 0 aliphatic carbocycles. The summed E-state index contributed by atoms with van der Waals surface area (Å²) in [7, 11) is 0. The van der Waals surface area contributed by atoms with Gasteiger partial charge < -0.3 is 22.8 Å². The third-order valence-electron chi connectivity index (χ3n) is 25.6. The zero-order valence-corrected chi connectivity index (χ0v) is 70.2. The van der Waals surface area contributed by atoms with Gasteiger partial charge >= 0.3 is 0 Å². The lowest BCUT2D eigenvalue weighted by Gasteiger charge is -2.12. The quantitative estimate of drug-likeness (QED) is 0.0969. The highest BCUT2D eigenvalue weighted by Crippen LogP contribution is 2.46. The highest BCUT2D eigenvalue weighted by molar-refractivity contribution is 6.17. The Bertz CT molecular complexity index is 8970. The Morgan fingerprint density at radius 3 is 0.763 bits per heavy atom. The van der Waals surface area contributed by atoms with Crippen molar-refractivity contribution in [3.8, 4) is 142 Å². The van der Waals surface area contributed by atoms with E-state index in [0.717, 1.165) is 172 Å². The van der Waals surface area contributed by atoms with Crippen molar-refractivity contribution in [2.45, 2.75) is 0 Å². The topological polar surface area (TPSA) is 154 Å². The second kappa shape index (κ2) is 30.4. The van der Waals surface area contributed by atoms with Crippen LogP contribution < -0.4 is 0 Å². The fraction of sp³-hybridized carbons (Fsp3) is 0. The van der Waals surface area contributed by atoms with E-state index in [-0.39, 0.29) is 0 Å². The summed E-state index contributed by atoms with van der Waals surface area (Å²) in [6, 6.07) is 143. The van der Waals surface area contributed by atoms with Crippen molar-refractivity contribution < 1.29 is 0 Å². The van der Waals surface area contributed by atoms with Crippen molar-refractivity contribution in [1.29, 1.82) is 0 Å². The van der Waals surface area contributed by atoms with Crippen LogP contribution in [0.2, 0.25) is 0 Å². The van der Waals surface area contributed by atoms with E-state index < -0.39 is 0 Å². The lowest BCUT2D eigenvalue weighted by atomic mass is 9.98. The Labute approximate surface area is 749 Å². The Kier molecular flexibility index (Phi) is 17.2. The predicted molar refractivity (Wildman–Crippen MR) is 530 cm³/mol. The molecule has 0 amide bonds. The lowest BCUT2D eigenvalue weighted by molar-refractivity contribution is 1.04. The monoisotopic (exact) mass is 1670 g/mol. The van der Waals surface area contributed by atoms with E-state index in [2.05, 4.69) is 376 Å². The Balaban J connectivity index is 0.581. The van der Waals surface area contributed by atoms with Gasteiger partial charge in [0, 0.05) is 130 Å². The molecule has 11 aromatic heterocycles. The van der Waals surface area contributed by atoms with Crippen LogP contribution in [0, 0.1) is 0 Å². The summed E-state index contributed by atoms with van der Waals surface area (Å²) in [6.07, 6.45) is 8.81. The van der Waals surface area contributed by atoms with Crippen molar-refractivity contribution in [2.24, 2.45) is 0 Å². The first-order valence-corrected chi connectivity index (χ1v) is 43.8. The van der Waals surface area contributed by atoms with E-state index in [4.69, 9.17) is 29.9 Å². The summed E-state index contributed by atoms with van der Waals surface area (Å²) in [5.74, 6) is 2.99. The van der Waals surface area contributed by atoms with Crippen molar-refractivity contribution >= 4 is 109 Å². The molecule has 0 fully saturated rings. The van der Waals surface area contributed by atoms with Gasteiger partial charge in [0.1, 0.15) is 17.1 Å². The number of nitrogens with zero attached hydrogens (tertiary/aromatic N) is 15. The summed E-state index contributed by atoms with van der Waals surface area (Å²) in [6.45, 7) is 0. The maximum Gasteiger partial charge on any atom is 0.182 e. The van der Waals surface area contributed by atoms with Crippen LogP contribution >= 0.6 is 0 Å². The minimum atomic E-state index is 0.474. The van der Waals surface area contributed by atoms with Crippen LogP contribution in [0.25, 0.3) is 251 Å². The average Bonchev–Trinajstić information content (AvgIpc) is 1.58. The number of benzene rings is 15. The maximum atomic E-state index is 5.14. The molecule has 0 saturated heterocycles. The summed E-state index contributed by atoms with van der Waals surface area (Å²) in [5, 5.41) is 11.6. The summed E-state index contributed by atoms with van der Waals surface area (Å²) < 4.78 is 12.0. The van der Waals surface area contributed by atoms with E-state index in [0.29, 0.717) is 52.0 Å². The van der Waals surface area contributed by atoms with E-state index in [1.54, 1.807) is 31.0 Å². The zero-order chi connectivity index (χ0) is 86.1. The van der Waals surface area contributed by atoms with E-state index in [1.807, 2.05) is 66.7 Å². The van der Waals surface area contributed by atoms with Gasteiger partial charge in [-0.2, -0.15) is 0 Å². The molecule has 26 aromatic rings. The molecule has 0 bridgehead atoms. The molecule has 0 atom stereocenters. The summed E-state index contributed by atoms with van der Waals surface area (Å²) in [5.41, 5.74) is 29.7. The zero-order valence-electron chi connectivity index (χ0n) is 70.2. The molecule has 26 rings (SSSR count). The van der Waals surface area contributed by atoms with Gasteiger partial charge in [-0.1, -0.05) is 194 Å². The number of hydrogen-bond acceptors (Lipinski definition) is 10. The molecule has 15 heteroatoms. The van der Waals surface area contributed by atoms with Gasteiger partial charge in [-0.25, -0.2) is 29.9 Å². The molecular formula is C116H71N15. The predicted octanol–water partition coefficient (Wildman–Crippen LogP) is 27.8. The summed E-state index contributed by atoms with van der Waals surface area (Å²) >= 11 is 0. The van der Waals surface area contributed by atoms with Crippen LogP contribution in [-0.4, -0.2) is 72.7 Å². The van der Waals surface area contributed by atoms with Crippen molar-refractivity contribution in [1.82, 2.24) is 72.7 Å². The Morgan fingerprint density at radius 1 is 0.145 bits per heavy atom. The minimum absolute atomic E-state index is 0.474. The van der Waals surface area contributed by atoms with Gasteiger partial charge in [0.2, 0.25) is 0 Å². The minimum Gasteiger partial charge on any atom is -0.309 e. The van der Waals surface area contributed by atoms with Gasteiger partial charge in [0.25, 0.3) is 0 Å². The van der Waals surface area contributed by atoms with Crippen LogP contribution in [-0.2, 0) is 0 Å². The molecule has 15 aromatic carbocycles. The second-order valence-corrected chi connectivity index (χ2v) is 33.2. The first-order valence-electron chi connectivity index (χ1n) is 43.8. The first-order chi connectivity index (χ1) is 64.9. The molecule has 0 aliphatic heterocycles. The third-order valence-corrected chi connectivity index (χ3v) is 25.6. The van der Waals surface area contributed by atoms with E-state index >= 15 is 0 Å². The van der Waals surface area contributed by atoms with Gasteiger partial charge in [-0.15, -0.1) is 0 Å². The van der Waals surface area contributed by atoms with E-state index in [1.165, 1.54) is 27.1 Å². The standard InChI is InChI=1S/C116H71N15/c1-4-26-83(27-5-1)127-101-39-12-10-34-88(101)92-63-73(43-51-103(92)127)76-47-55-107-96(67-76)97-68-77(48-56-108(97)131(107)87-33-20-23-80(61-87)111-121-113(82-25-22-57-117-71-82)125-114(122-111)98-36-14-17-58-118-98)75-45-53-105-95(66-75)91-50-42-79(70-110(91)129(105)85-30-8-3-9-31-85)78-41-49-90-94-65-74(44-52-104(94)128(109(90)69-78)84-28-6-2-7-29-84)72-46-54-106-93(64-72)89-35-11-13-40-102(89)130(106)86-32-21-24-81(62-86)112-123-115(99-37-15-18-59-119-99)126-116(124-112)100-38-16-19-60-120-100/h1-71H. The maximum absolute atomic E-state index is 5.14. The number of rotatable bonds is 15. The van der Waals surface area contributed by atoms with Gasteiger partial charge in [-0.3, -0.25) is 19.9 Å². The Morgan fingerprint density at radius 2 is 0.412 bits per heavy atom. The van der Waals surface area contributed by atoms with Crippen LogP contribution in [0.15, 0.2) is 431 Å². The molecule has 15 nitrogen and oxygen atoms in total. The fourth-order valence-electron chi connectivity index (χ4n) is 19.6. The average molecular weight is 1670 g/mol. The van der Waals surface area contributed by atoms with Crippen molar-refractivity contribution in [3.05, 3.63) is 431 Å². The SMILES string of the molecule is c1ccc(-n2c3ccccc3c3cc(-c4ccc5c(c4)c4cc(-c6ccc7c(c6)c6ccc(-c8ccc9c%10cc(-c%11ccc%12c(c%11)c%11ccccc%11n%12-c%11cccc(-c%12nc(-c%13ccccn%13)nc(-c%13ccccn%13)n%12)c%11)ccc%10n(-c%10ccccc%10)c9c8)cc6n7-c6ccccc6)ccc4n5-c4cccc(-c5nc(-c6cccnc6)nc(-c6ccccn6)n5)c4)ccc32)cc1. The molecule has 131 heavy (non-hydrogen) atoms. The summed E-state index contributed by atoms with van der Waals surface area (Å²) in [4.78, 5) is 48.5. The normalized spacial score (nSPS) is 11.8. The van der Waals surface area contributed by atoms with Gasteiger partial charge in [0.15, 0.2) is 34.9 Å². The number of aromatic nitrogens is 15. The highest BCUT2D eigenvalue weighted by Gasteiger charge is 2.25. The molecule has 0 saturated carbocycles. The van der Waals surface area contributed by atoms with Crippen molar-refractivity contribution in [3.63, 3.8) is 0 Å². The molecule has 0 unspecified atom stereocenters. The lowest BCUT2D eigenvalue weighted by Crippen LogP contribution is -2.02. The molecule has 610 valence electrons. The highest BCUT2D eigenvalue weighted by atomic mass is 15.1. The van der Waals surface area contributed by atoms with Gasteiger partial charge in [-0.05, 0) is 251 Å². The smallest absolute Gasteiger partial charge is 0.182 e. The largest absolute Gasteiger partial charge is 0.309 e. The van der Waals surface area contributed by atoms with Crippen LogP contribution in [0.5, 0.6) is 0 Å². The van der Waals surface area contributed by atoms with E-state index in [9.17, 15) is 0 Å².